The Hall–Kier alpha value is -1.30. The quantitative estimate of drug-likeness (QED) is 0.482. The monoisotopic (exact) mass is 270 g/mol. The first-order chi connectivity index (χ1) is 9.24. The Labute approximate surface area is 112 Å². The summed E-state index contributed by atoms with van der Waals surface area (Å²) in [4.78, 5) is 11.7. The Morgan fingerprint density at radius 3 is 2.21 bits per heavy atom. The van der Waals surface area contributed by atoms with Gasteiger partial charge in [-0.05, 0) is 24.3 Å². The van der Waals surface area contributed by atoms with Gasteiger partial charge in [-0.3, -0.25) is 4.79 Å². The molecule has 0 aliphatic carbocycles. The van der Waals surface area contributed by atoms with E-state index in [-0.39, 0.29) is 18.0 Å². The van der Waals surface area contributed by atoms with Gasteiger partial charge < -0.3 is 14.2 Å². The second-order valence-corrected chi connectivity index (χ2v) is 3.90. The van der Waals surface area contributed by atoms with Crippen molar-refractivity contribution in [2.24, 2.45) is 0 Å². The maximum atomic E-state index is 12.7. The Balaban J connectivity index is 2.06. The molecule has 1 rings (SSSR count). The summed E-state index contributed by atoms with van der Waals surface area (Å²) in [6.45, 7) is 2.36. The molecule has 1 aromatic carbocycles. The zero-order valence-electron chi connectivity index (χ0n) is 11.1. The summed E-state index contributed by atoms with van der Waals surface area (Å²) in [5.41, 5.74) is 0.501. The van der Waals surface area contributed by atoms with E-state index in [9.17, 15) is 9.18 Å². The maximum Gasteiger partial charge on any atom is 0.165 e. The summed E-state index contributed by atoms with van der Waals surface area (Å²) in [7, 11) is 1.61. The number of ether oxygens (including phenoxy) is 3. The number of Topliss-reactive ketones (excluding diaryl/α,β-unsaturated/α-hetero) is 1. The first-order valence-electron chi connectivity index (χ1n) is 6.17. The SMILES string of the molecule is COCCOCCOCCC(=O)c1ccc(F)cc1. The minimum Gasteiger partial charge on any atom is -0.382 e. The van der Waals surface area contributed by atoms with Crippen LogP contribution in [0.5, 0.6) is 0 Å². The molecule has 5 heteroatoms. The number of ketones is 1. The average molecular weight is 270 g/mol. The molecule has 0 aliphatic heterocycles. The molecule has 0 amide bonds. The number of hydrogen-bond acceptors (Lipinski definition) is 4. The molecule has 0 spiro atoms. The van der Waals surface area contributed by atoms with Crippen LogP contribution < -0.4 is 0 Å². The number of halogens is 1. The van der Waals surface area contributed by atoms with E-state index in [1.54, 1.807) is 7.11 Å². The topological polar surface area (TPSA) is 44.8 Å². The molecule has 0 unspecified atom stereocenters. The van der Waals surface area contributed by atoms with Crippen LogP contribution >= 0.6 is 0 Å². The summed E-state index contributed by atoms with van der Waals surface area (Å²) in [6.07, 6.45) is 0.281. The van der Waals surface area contributed by atoms with E-state index in [0.29, 0.717) is 38.6 Å². The minimum absolute atomic E-state index is 0.0553. The van der Waals surface area contributed by atoms with E-state index >= 15 is 0 Å². The fourth-order valence-electron chi connectivity index (χ4n) is 1.41. The molecular weight excluding hydrogens is 251 g/mol. The summed E-state index contributed by atoms with van der Waals surface area (Å²) in [5, 5.41) is 0. The van der Waals surface area contributed by atoms with E-state index in [1.807, 2.05) is 0 Å². The van der Waals surface area contributed by atoms with Gasteiger partial charge in [-0.15, -0.1) is 0 Å². The second-order valence-electron chi connectivity index (χ2n) is 3.90. The zero-order chi connectivity index (χ0) is 13.9. The average Bonchev–Trinajstić information content (AvgIpc) is 2.42. The largest absolute Gasteiger partial charge is 0.382 e. The van der Waals surface area contributed by atoms with Gasteiger partial charge in [-0.2, -0.15) is 0 Å². The van der Waals surface area contributed by atoms with E-state index in [4.69, 9.17) is 14.2 Å². The van der Waals surface area contributed by atoms with Gasteiger partial charge in [0.05, 0.1) is 33.0 Å². The van der Waals surface area contributed by atoms with Crippen molar-refractivity contribution >= 4 is 5.78 Å². The van der Waals surface area contributed by atoms with Gasteiger partial charge in [-0.1, -0.05) is 0 Å². The molecule has 0 heterocycles. The fraction of sp³-hybridized carbons (Fsp3) is 0.500. The lowest BCUT2D eigenvalue weighted by molar-refractivity contribution is 0.0243. The third-order valence-corrected chi connectivity index (χ3v) is 2.44. The molecule has 0 fully saturated rings. The van der Waals surface area contributed by atoms with Crippen molar-refractivity contribution in [3.8, 4) is 0 Å². The van der Waals surface area contributed by atoms with Crippen molar-refractivity contribution in [2.45, 2.75) is 6.42 Å². The molecule has 106 valence electrons. The zero-order valence-corrected chi connectivity index (χ0v) is 11.1. The Kier molecular flexibility index (Phi) is 7.97. The van der Waals surface area contributed by atoms with E-state index < -0.39 is 0 Å². The molecule has 0 saturated heterocycles. The molecule has 0 radical (unpaired) electrons. The van der Waals surface area contributed by atoms with Gasteiger partial charge in [0.2, 0.25) is 0 Å². The van der Waals surface area contributed by atoms with Gasteiger partial charge in [0, 0.05) is 19.1 Å². The standard InChI is InChI=1S/C14H19FO4/c1-17-8-9-19-11-10-18-7-6-14(16)12-2-4-13(15)5-3-12/h2-5H,6-11H2,1H3. The fourth-order valence-corrected chi connectivity index (χ4v) is 1.41. The van der Waals surface area contributed by atoms with Crippen molar-refractivity contribution in [1.82, 2.24) is 0 Å². The van der Waals surface area contributed by atoms with Crippen LogP contribution in [-0.4, -0.2) is 45.9 Å². The smallest absolute Gasteiger partial charge is 0.165 e. The second kappa shape index (κ2) is 9.61. The summed E-state index contributed by atoms with van der Waals surface area (Å²) in [6, 6.07) is 5.51. The molecule has 19 heavy (non-hydrogen) atoms. The highest BCUT2D eigenvalue weighted by molar-refractivity contribution is 5.96. The van der Waals surface area contributed by atoms with Crippen molar-refractivity contribution in [2.75, 3.05) is 40.1 Å². The lowest BCUT2D eigenvalue weighted by atomic mass is 10.1. The van der Waals surface area contributed by atoms with Crippen LogP contribution in [0.25, 0.3) is 0 Å². The third-order valence-electron chi connectivity index (χ3n) is 2.44. The van der Waals surface area contributed by atoms with Crippen molar-refractivity contribution in [3.05, 3.63) is 35.6 Å². The highest BCUT2D eigenvalue weighted by atomic mass is 19.1. The summed E-state index contributed by atoms with van der Waals surface area (Å²) >= 11 is 0. The first kappa shape index (κ1) is 15.8. The molecule has 0 N–H and O–H groups in total. The van der Waals surface area contributed by atoms with E-state index in [0.717, 1.165) is 0 Å². The molecule has 1 aromatic rings. The molecule has 0 bridgehead atoms. The molecule has 4 nitrogen and oxygen atoms in total. The van der Waals surface area contributed by atoms with E-state index in [2.05, 4.69) is 0 Å². The Bertz CT molecular complexity index is 364. The van der Waals surface area contributed by atoms with Crippen LogP contribution in [0.2, 0.25) is 0 Å². The number of rotatable bonds is 10. The highest BCUT2D eigenvalue weighted by Crippen LogP contribution is 2.05. The molecule has 0 saturated carbocycles. The summed E-state index contributed by atoms with van der Waals surface area (Å²) in [5.74, 6) is -0.402. The van der Waals surface area contributed by atoms with Crippen molar-refractivity contribution < 1.29 is 23.4 Å². The maximum absolute atomic E-state index is 12.7. The Morgan fingerprint density at radius 1 is 1.00 bits per heavy atom. The third kappa shape index (κ3) is 7.00. The summed E-state index contributed by atoms with van der Waals surface area (Å²) < 4.78 is 28.0. The number of methoxy groups -OCH3 is 1. The van der Waals surface area contributed by atoms with Gasteiger partial charge in [0.25, 0.3) is 0 Å². The number of benzene rings is 1. The number of carbonyl (C=O) groups excluding carboxylic acids is 1. The normalized spacial score (nSPS) is 10.6. The van der Waals surface area contributed by atoms with Gasteiger partial charge in [0.1, 0.15) is 5.82 Å². The van der Waals surface area contributed by atoms with Gasteiger partial charge >= 0.3 is 0 Å². The first-order valence-corrected chi connectivity index (χ1v) is 6.17. The van der Waals surface area contributed by atoms with Gasteiger partial charge in [-0.25, -0.2) is 4.39 Å². The van der Waals surface area contributed by atoms with Crippen LogP contribution in [0.1, 0.15) is 16.8 Å². The lowest BCUT2D eigenvalue weighted by Crippen LogP contribution is -2.10. The van der Waals surface area contributed by atoms with Crippen LogP contribution in [0.4, 0.5) is 4.39 Å². The highest BCUT2D eigenvalue weighted by Gasteiger charge is 2.05. The lowest BCUT2D eigenvalue weighted by Gasteiger charge is -2.05. The van der Waals surface area contributed by atoms with Crippen LogP contribution in [0, 0.1) is 5.82 Å². The van der Waals surface area contributed by atoms with Crippen LogP contribution in [-0.2, 0) is 14.2 Å². The van der Waals surface area contributed by atoms with E-state index in [1.165, 1.54) is 24.3 Å². The van der Waals surface area contributed by atoms with Crippen molar-refractivity contribution in [3.63, 3.8) is 0 Å². The van der Waals surface area contributed by atoms with Crippen LogP contribution in [0.15, 0.2) is 24.3 Å². The van der Waals surface area contributed by atoms with Crippen molar-refractivity contribution in [1.29, 1.82) is 0 Å². The number of hydrogen-bond donors (Lipinski definition) is 0. The molecular formula is C14H19FO4. The molecule has 0 aliphatic rings. The van der Waals surface area contributed by atoms with Crippen LogP contribution in [0.3, 0.4) is 0 Å². The molecule has 0 atom stereocenters. The molecule has 0 aromatic heterocycles. The Morgan fingerprint density at radius 2 is 1.58 bits per heavy atom. The predicted octanol–water partition coefficient (Wildman–Crippen LogP) is 2.08. The predicted molar refractivity (Wildman–Crippen MR) is 68.9 cm³/mol. The van der Waals surface area contributed by atoms with Gasteiger partial charge in [0.15, 0.2) is 5.78 Å². The minimum atomic E-state index is -0.346. The number of carbonyl (C=O) groups is 1.